The summed E-state index contributed by atoms with van der Waals surface area (Å²) >= 11 is 0. The normalized spacial score (nSPS) is 12.5. The molecule has 8 aromatic rings. The topological polar surface area (TPSA) is 42.3 Å². The van der Waals surface area contributed by atoms with Crippen LogP contribution < -0.4 is 15.0 Å². The third-order valence-electron chi connectivity index (χ3n) is 13.1. The van der Waals surface area contributed by atoms with Crippen LogP contribution in [0, 0.1) is 20.8 Å². The fourth-order valence-corrected chi connectivity index (χ4v) is 9.24. The molecular formula is C61H70N4O. The summed E-state index contributed by atoms with van der Waals surface area (Å²) in [6.45, 7) is 33.9. The first-order chi connectivity index (χ1) is 30.8. The lowest BCUT2D eigenvalue weighted by Gasteiger charge is -2.28. The van der Waals surface area contributed by atoms with E-state index in [1.807, 2.05) is 6.20 Å². The van der Waals surface area contributed by atoms with Crippen LogP contribution in [0.2, 0.25) is 0 Å². The zero-order valence-corrected chi connectivity index (χ0v) is 42.4. The van der Waals surface area contributed by atoms with Gasteiger partial charge in [0.15, 0.2) is 0 Å². The minimum atomic E-state index is -0.129. The van der Waals surface area contributed by atoms with Crippen LogP contribution in [0.1, 0.15) is 122 Å². The summed E-state index contributed by atoms with van der Waals surface area (Å²) in [5.41, 5.74) is 17.6. The Bertz CT molecular complexity index is 3070. The fourth-order valence-electron chi connectivity index (χ4n) is 9.24. The first kappa shape index (κ1) is 46.2. The maximum absolute atomic E-state index is 6.99. The van der Waals surface area contributed by atoms with Crippen LogP contribution in [0.5, 0.6) is 11.5 Å². The van der Waals surface area contributed by atoms with Gasteiger partial charge in [-0.2, -0.15) is 0 Å². The predicted octanol–water partition coefficient (Wildman–Crippen LogP) is 17.3. The summed E-state index contributed by atoms with van der Waals surface area (Å²) < 4.78 is 9.31. The largest absolute Gasteiger partial charge is 0.457 e. The number of nitrogens with one attached hydrogen (secondary N) is 1. The van der Waals surface area contributed by atoms with Crippen molar-refractivity contribution in [1.82, 2.24) is 9.55 Å². The molecule has 0 saturated heterocycles. The number of aromatic nitrogens is 2. The van der Waals surface area contributed by atoms with E-state index in [4.69, 9.17) is 9.72 Å². The van der Waals surface area contributed by atoms with Gasteiger partial charge in [0.2, 0.25) is 0 Å². The molecule has 0 atom stereocenters. The third kappa shape index (κ3) is 9.36. The highest BCUT2D eigenvalue weighted by atomic mass is 16.5. The van der Waals surface area contributed by atoms with Gasteiger partial charge in [-0.15, -0.1) is 0 Å². The summed E-state index contributed by atoms with van der Waals surface area (Å²) in [5.74, 6) is 2.43. The maximum atomic E-state index is 6.99. The molecule has 0 fully saturated rings. The van der Waals surface area contributed by atoms with Crippen LogP contribution in [0.4, 0.5) is 22.7 Å². The number of pyridine rings is 1. The first-order valence-corrected chi connectivity index (χ1v) is 23.6. The molecule has 66 heavy (non-hydrogen) atoms. The van der Waals surface area contributed by atoms with Crippen LogP contribution in [0.25, 0.3) is 38.8 Å². The van der Waals surface area contributed by atoms with Crippen molar-refractivity contribution in [2.45, 2.75) is 126 Å². The van der Waals surface area contributed by atoms with Crippen LogP contribution >= 0.6 is 0 Å². The Morgan fingerprint density at radius 3 is 1.73 bits per heavy atom. The van der Waals surface area contributed by atoms with Crippen molar-refractivity contribution >= 4 is 44.6 Å². The van der Waals surface area contributed by atoms with E-state index in [-0.39, 0.29) is 21.7 Å². The van der Waals surface area contributed by atoms with Crippen LogP contribution in [-0.2, 0) is 21.7 Å². The first-order valence-electron chi connectivity index (χ1n) is 23.6. The SMILES string of the molecule is Cc1cc(C)c(-c2ccc3c4ccc(Oc5cc(N(C)c6ccccc6Nc6cc(C(C)(C)C)cc(C(C)(C)C)c6)cc(C(C)(C)C)c5)cc4n(-c4cc(C(C)(C)C)ccn4)c3c2)c(C)c1. The van der Waals surface area contributed by atoms with Crippen LogP contribution in [0.3, 0.4) is 0 Å². The zero-order chi connectivity index (χ0) is 47.7. The van der Waals surface area contributed by atoms with Crippen molar-refractivity contribution in [3.8, 4) is 28.4 Å². The number of anilines is 4. The molecule has 0 aliphatic heterocycles. The Balaban J connectivity index is 1.23. The molecule has 0 saturated carbocycles. The lowest BCUT2D eigenvalue weighted by Crippen LogP contribution is -2.17. The molecule has 0 aliphatic carbocycles. The Kier molecular flexibility index (Phi) is 11.8. The number of hydrogen-bond donors (Lipinski definition) is 1. The van der Waals surface area contributed by atoms with Crippen molar-refractivity contribution in [2.24, 2.45) is 0 Å². The second-order valence-electron chi connectivity index (χ2n) is 22.7. The van der Waals surface area contributed by atoms with Gasteiger partial charge in [-0.05, 0) is 154 Å². The number of aryl methyl sites for hydroxylation is 3. The number of fused-ring (bicyclic) bond motifs is 3. The zero-order valence-electron chi connectivity index (χ0n) is 42.4. The van der Waals surface area contributed by atoms with Crippen molar-refractivity contribution in [3.63, 3.8) is 0 Å². The van der Waals surface area contributed by atoms with Crippen LogP contribution in [-0.4, -0.2) is 16.6 Å². The summed E-state index contributed by atoms with van der Waals surface area (Å²) in [6.07, 6.45) is 1.95. The highest BCUT2D eigenvalue weighted by Crippen LogP contribution is 2.42. The van der Waals surface area contributed by atoms with Gasteiger partial charge in [0.05, 0.1) is 22.4 Å². The van der Waals surface area contributed by atoms with Crippen molar-refractivity contribution in [1.29, 1.82) is 0 Å². The van der Waals surface area contributed by atoms with E-state index in [2.05, 4.69) is 247 Å². The molecule has 0 spiro atoms. The standard InChI is InChI=1S/C61H70N4O/c1-38-27-39(2)57(40(3)28-38)41-21-23-50-51-24-22-48(37-55(51)65(54(50)29-41)56-35-42(25-26-62-56)58(4,5)6)66-49-34-45(61(13,14)15)33-47(36-49)64(16)53-20-18-17-19-52(53)63-46-31-43(59(7,8)9)30-44(32-46)60(10,11)12/h17-37,63H,1-16H3. The second kappa shape index (κ2) is 16.8. The Hall–Kier alpha value is -6.33. The third-order valence-corrected chi connectivity index (χ3v) is 13.1. The van der Waals surface area contributed by atoms with E-state index in [1.54, 1.807) is 0 Å². The van der Waals surface area contributed by atoms with Crippen molar-refractivity contribution in [2.75, 3.05) is 17.3 Å². The molecule has 1 N–H and O–H groups in total. The summed E-state index contributed by atoms with van der Waals surface area (Å²) in [4.78, 5) is 7.30. The Morgan fingerprint density at radius 2 is 1.11 bits per heavy atom. The highest BCUT2D eigenvalue weighted by molar-refractivity contribution is 6.10. The highest BCUT2D eigenvalue weighted by Gasteiger charge is 2.24. The Morgan fingerprint density at radius 1 is 0.530 bits per heavy atom. The van der Waals surface area contributed by atoms with Gasteiger partial charge in [0.25, 0.3) is 0 Å². The van der Waals surface area contributed by atoms with Gasteiger partial charge in [0.1, 0.15) is 17.3 Å². The summed E-state index contributed by atoms with van der Waals surface area (Å²) in [7, 11) is 2.15. The molecule has 0 unspecified atom stereocenters. The van der Waals surface area contributed by atoms with Crippen LogP contribution in [0.15, 0.2) is 128 Å². The van der Waals surface area contributed by atoms with E-state index >= 15 is 0 Å². The molecule has 0 amide bonds. The number of benzene rings is 6. The van der Waals surface area contributed by atoms with Gasteiger partial charge in [-0.3, -0.25) is 4.57 Å². The fraction of sp³-hybridized carbons (Fsp3) is 0.328. The average molecular weight is 875 g/mol. The molecule has 0 bridgehead atoms. The van der Waals surface area contributed by atoms with E-state index < -0.39 is 0 Å². The molecular weight excluding hydrogens is 805 g/mol. The molecule has 0 radical (unpaired) electrons. The molecule has 5 heteroatoms. The van der Waals surface area contributed by atoms with Crippen molar-refractivity contribution in [3.05, 3.63) is 166 Å². The number of para-hydroxylation sites is 2. The Labute approximate surface area is 394 Å². The number of rotatable bonds is 8. The summed E-state index contributed by atoms with van der Waals surface area (Å²) in [6, 6.07) is 44.5. The van der Waals surface area contributed by atoms with Gasteiger partial charge in [-0.1, -0.05) is 131 Å². The molecule has 6 aromatic carbocycles. The molecule has 5 nitrogen and oxygen atoms in total. The van der Waals surface area contributed by atoms with Gasteiger partial charge < -0.3 is 15.0 Å². The molecule has 2 aromatic heterocycles. The maximum Gasteiger partial charge on any atom is 0.137 e. The minimum absolute atomic E-state index is 0.0107. The number of ether oxygens (including phenoxy) is 1. The lowest BCUT2D eigenvalue weighted by atomic mass is 9.80. The lowest BCUT2D eigenvalue weighted by molar-refractivity contribution is 0.479. The molecule has 340 valence electrons. The van der Waals surface area contributed by atoms with E-state index in [9.17, 15) is 0 Å². The smallest absolute Gasteiger partial charge is 0.137 e. The number of hydrogen-bond acceptors (Lipinski definition) is 4. The van der Waals surface area contributed by atoms with Gasteiger partial charge in [0, 0.05) is 47.5 Å². The average Bonchev–Trinajstić information content (AvgIpc) is 3.54. The predicted molar refractivity (Wildman–Crippen MR) is 284 cm³/mol. The monoisotopic (exact) mass is 875 g/mol. The van der Waals surface area contributed by atoms with Gasteiger partial charge in [-0.25, -0.2) is 4.98 Å². The van der Waals surface area contributed by atoms with E-state index in [1.165, 1.54) is 55.5 Å². The van der Waals surface area contributed by atoms with E-state index in [0.29, 0.717) is 0 Å². The molecule has 0 aliphatic rings. The molecule has 2 heterocycles. The van der Waals surface area contributed by atoms with Gasteiger partial charge >= 0.3 is 0 Å². The number of nitrogens with zero attached hydrogens (tertiary/aromatic N) is 3. The quantitative estimate of drug-likeness (QED) is 0.165. The minimum Gasteiger partial charge on any atom is -0.457 e. The second-order valence-corrected chi connectivity index (χ2v) is 22.7. The molecule has 8 rings (SSSR count). The summed E-state index contributed by atoms with van der Waals surface area (Å²) in [5, 5.41) is 6.18. The van der Waals surface area contributed by atoms with E-state index in [0.717, 1.165) is 56.5 Å². The van der Waals surface area contributed by atoms with Crippen molar-refractivity contribution < 1.29 is 4.74 Å².